The van der Waals surface area contributed by atoms with Crippen LogP contribution in [0.5, 0.6) is 0 Å². The Labute approximate surface area is 198 Å². The summed E-state index contributed by atoms with van der Waals surface area (Å²) in [6, 6.07) is 22.6. The predicted molar refractivity (Wildman–Crippen MR) is 129 cm³/mol. The molecule has 0 radical (unpaired) electrons. The summed E-state index contributed by atoms with van der Waals surface area (Å²) in [5.74, 6) is -0.765. The molecule has 0 unspecified atom stereocenters. The summed E-state index contributed by atoms with van der Waals surface area (Å²) < 4.78 is 6.79. The molecule has 0 amide bonds. The molecule has 1 N–H and O–H groups in total. The average molecular weight is 467 g/mol. The van der Waals surface area contributed by atoms with E-state index in [0.717, 1.165) is 28.7 Å². The van der Waals surface area contributed by atoms with Gasteiger partial charge in [0.15, 0.2) is 0 Å². The van der Waals surface area contributed by atoms with Gasteiger partial charge in [0.1, 0.15) is 0 Å². The Hall–Kier alpha value is -2.59. The Bertz CT molecular complexity index is 1110. The van der Waals surface area contributed by atoms with Gasteiger partial charge in [0.05, 0.1) is 17.8 Å². The summed E-state index contributed by atoms with van der Waals surface area (Å²) in [6.07, 6.45) is 0.406. The van der Waals surface area contributed by atoms with Crippen molar-refractivity contribution in [2.24, 2.45) is 5.92 Å². The number of hydrogen-bond acceptors (Lipinski definition) is 2. The minimum atomic E-state index is -0.945. The topological polar surface area (TPSA) is 46.5 Å². The standard InChI is InChI=1S/C27H24Cl2O3/c1-16(2)23-15-24(17-7-11-21(28)12-8-17)26(19-9-13-22(29)14-10-19)32-25(23)18-3-5-20(6-4-18)27(30)31/h3-14,23-26H,1,15H2,2H3,(H,30,31)/t23-,24-,25-,26+/m0/s1. The van der Waals surface area contributed by atoms with Crippen LogP contribution in [0.2, 0.25) is 10.0 Å². The first-order chi connectivity index (χ1) is 15.3. The highest BCUT2D eigenvalue weighted by Crippen LogP contribution is 2.51. The van der Waals surface area contributed by atoms with Crippen molar-refractivity contribution in [1.82, 2.24) is 0 Å². The van der Waals surface area contributed by atoms with Crippen LogP contribution in [-0.2, 0) is 4.74 Å². The number of rotatable bonds is 5. The highest BCUT2D eigenvalue weighted by atomic mass is 35.5. The van der Waals surface area contributed by atoms with E-state index in [9.17, 15) is 9.90 Å². The smallest absolute Gasteiger partial charge is 0.335 e. The Morgan fingerprint density at radius 3 is 1.81 bits per heavy atom. The summed E-state index contributed by atoms with van der Waals surface area (Å²) in [5, 5.41) is 10.6. The zero-order chi connectivity index (χ0) is 22.8. The largest absolute Gasteiger partial charge is 0.478 e. The molecule has 0 aliphatic carbocycles. The summed E-state index contributed by atoms with van der Waals surface area (Å²) >= 11 is 12.3. The van der Waals surface area contributed by atoms with Gasteiger partial charge in [-0.3, -0.25) is 0 Å². The number of carboxylic acids is 1. The van der Waals surface area contributed by atoms with Gasteiger partial charge >= 0.3 is 5.97 Å². The normalized spacial score (nSPS) is 23.0. The van der Waals surface area contributed by atoms with Crippen molar-refractivity contribution >= 4 is 29.2 Å². The van der Waals surface area contributed by atoms with Gasteiger partial charge in [0.2, 0.25) is 0 Å². The van der Waals surface area contributed by atoms with Gasteiger partial charge in [-0.1, -0.05) is 71.8 Å². The number of benzene rings is 3. The van der Waals surface area contributed by atoms with E-state index in [1.165, 1.54) is 0 Å². The molecule has 0 bridgehead atoms. The molecule has 1 aliphatic heterocycles. The van der Waals surface area contributed by atoms with E-state index < -0.39 is 5.97 Å². The fourth-order valence-electron chi connectivity index (χ4n) is 4.44. The Balaban J connectivity index is 1.76. The van der Waals surface area contributed by atoms with Crippen molar-refractivity contribution in [3.8, 4) is 0 Å². The van der Waals surface area contributed by atoms with E-state index in [4.69, 9.17) is 27.9 Å². The van der Waals surface area contributed by atoms with E-state index in [1.54, 1.807) is 12.1 Å². The van der Waals surface area contributed by atoms with Crippen LogP contribution in [0.25, 0.3) is 0 Å². The van der Waals surface area contributed by atoms with Crippen molar-refractivity contribution < 1.29 is 14.6 Å². The predicted octanol–water partition coefficient (Wildman–Crippen LogP) is 7.87. The third kappa shape index (κ3) is 4.75. The monoisotopic (exact) mass is 466 g/mol. The summed E-state index contributed by atoms with van der Waals surface area (Å²) in [6.45, 7) is 6.26. The fraction of sp³-hybridized carbons (Fsp3) is 0.222. The van der Waals surface area contributed by atoms with Crippen LogP contribution in [0.3, 0.4) is 0 Å². The van der Waals surface area contributed by atoms with Gasteiger partial charge < -0.3 is 9.84 Å². The van der Waals surface area contributed by atoms with Crippen molar-refractivity contribution in [3.05, 3.63) is 117 Å². The lowest BCUT2D eigenvalue weighted by molar-refractivity contribution is -0.0918. The van der Waals surface area contributed by atoms with Crippen LogP contribution in [0.15, 0.2) is 84.9 Å². The second kappa shape index (κ2) is 9.50. The fourth-order valence-corrected chi connectivity index (χ4v) is 4.69. The third-order valence-corrected chi connectivity index (χ3v) is 6.65. The first-order valence-electron chi connectivity index (χ1n) is 10.5. The van der Waals surface area contributed by atoms with Crippen LogP contribution >= 0.6 is 23.2 Å². The lowest BCUT2D eigenvalue weighted by Gasteiger charge is -2.43. The lowest BCUT2D eigenvalue weighted by atomic mass is 9.74. The zero-order valence-electron chi connectivity index (χ0n) is 17.7. The molecule has 3 aromatic carbocycles. The van der Waals surface area contributed by atoms with Crippen LogP contribution < -0.4 is 0 Å². The van der Waals surface area contributed by atoms with Crippen molar-refractivity contribution in [2.45, 2.75) is 31.5 Å². The summed E-state index contributed by atoms with van der Waals surface area (Å²) in [4.78, 5) is 11.3. The summed E-state index contributed by atoms with van der Waals surface area (Å²) in [7, 11) is 0. The molecular weight excluding hydrogens is 443 g/mol. The maximum absolute atomic E-state index is 11.3. The van der Waals surface area contributed by atoms with Gasteiger partial charge in [-0.2, -0.15) is 0 Å². The SMILES string of the molecule is C=C(C)[C@@H]1C[C@@H](c2ccc(Cl)cc2)[C@@H](c2ccc(Cl)cc2)O[C@H]1c1ccc(C(=O)O)cc1. The minimum Gasteiger partial charge on any atom is -0.478 e. The van der Waals surface area contributed by atoms with E-state index in [-0.39, 0.29) is 29.6 Å². The van der Waals surface area contributed by atoms with Crippen LogP contribution in [0.4, 0.5) is 0 Å². The maximum Gasteiger partial charge on any atom is 0.335 e. The Morgan fingerprint density at radius 2 is 1.31 bits per heavy atom. The van der Waals surface area contributed by atoms with Gasteiger partial charge in [0, 0.05) is 21.9 Å². The number of carbonyl (C=O) groups is 1. The van der Waals surface area contributed by atoms with E-state index in [1.807, 2.05) is 55.5 Å². The van der Waals surface area contributed by atoms with Crippen LogP contribution in [0, 0.1) is 5.92 Å². The molecule has 5 heteroatoms. The van der Waals surface area contributed by atoms with Gasteiger partial charge in [0.25, 0.3) is 0 Å². The second-order valence-corrected chi connectivity index (χ2v) is 9.18. The van der Waals surface area contributed by atoms with Crippen LogP contribution in [0.1, 0.15) is 58.5 Å². The quantitative estimate of drug-likeness (QED) is 0.389. The number of aromatic carboxylic acids is 1. The van der Waals surface area contributed by atoms with Crippen LogP contribution in [-0.4, -0.2) is 11.1 Å². The molecule has 1 aliphatic rings. The Kier molecular flexibility index (Phi) is 6.71. The average Bonchev–Trinajstić information content (AvgIpc) is 2.79. The summed E-state index contributed by atoms with van der Waals surface area (Å²) in [5.41, 5.74) is 4.43. The molecule has 3 aromatic rings. The van der Waals surface area contributed by atoms with Crippen molar-refractivity contribution in [1.29, 1.82) is 0 Å². The number of carboxylic acid groups (broad SMARTS) is 1. The van der Waals surface area contributed by atoms with Gasteiger partial charge in [-0.15, -0.1) is 0 Å². The number of halogens is 2. The van der Waals surface area contributed by atoms with Crippen molar-refractivity contribution in [2.75, 3.05) is 0 Å². The van der Waals surface area contributed by atoms with Crippen molar-refractivity contribution in [3.63, 3.8) is 0 Å². The molecule has 1 fully saturated rings. The number of hydrogen-bond donors (Lipinski definition) is 1. The highest BCUT2D eigenvalue weighted by Gasteiger charge is 2.40. The second-order valence-electron chi connectivity index (χ2n) is 8.30. The molecule has 1 saturated heterocycles. The minimum absolute atomic E-state index is 0.0786. The molecule has 0 spiro atoms. The molecule has 0 aromatic heterocycles. The van der Waals surface area contributed by atoms with Gasteiger partial charge in [-0.25, -0.2) is 4.79 Å². The third-order valence-electron chi connectivity index (χ3n) is 6.15. The number of ether oxygens (including phenoxy) is 1. The Morgan fingerprint density at radius 1 is 0.844 bits per heavy atom. The lowest BCUT2D eigenvalue weighted by Crippen LogP contribution is -2.31. The first-order valence-corrected chi connectivity index (χ1v) is 11.2. The molecule has 3 nitrogen and oxygen atoms in total. The van der Waals surface area contributed by atoms with E-state index >= 15 is 0 Å². The molecule has 4 atom stereocenters. The molecule has 32 heavy (non-hydrogen) atoms. The molecule has 4 rings (SSSR count). The molecular formula is C27H24Cl2O3. The van der Waals surface area contributed by atoms with E-state index in [2.05, 4.69) is 18.7 Å². The first kappa shape index (κ1) is 22.6. The van der Waals surface area contributed by atoms with E-state index in [0.29, 0.717) is 10.0 Å². The molecule has 164 valence electrons. The highest BCUT2D eigenvalue weighted by molar-refractivity contribution is 6.30. The van der Waals surface area contributed by atoms with Gasteiger partial charge in [-0.05, 0) is 66.4 Å². The maximum atomic E-state index is 11.3. The zero-order valence-corrected chi connectivity index (χ0v) is 19.2. The molecule has 0 saturated carbocycles. The molecule has 1 heterocycles.